The van der Waals surface area contributed by atoms with Crippen LogP contribution < -0.4 is 5.32 Å². The van der Waals surface area contributed by atoms with Crippen molar-refractivity contribution in [2.45, 2.75) is 57.5 Å². The SMILES string of the molecule is CC(C)NCC(O)C1CCC(O)C(O)C1. The summed E-state index contributed by atoms with van der Waals surface area (Å²) in [5.74, 6) is 0.106. The summed E-state index contributed by atoms with van der Waals surface area (Å²) in [5, 5.41) is 31.9. The quantitative estimate of drug-likeness (QED) is 0.529. The van der Waals surface area contributed by atoms with Crippen molar-refractivity contribution < 1.29 is 15.3 Å². The Bertz CT molecular complexity index is 187. The van der Waals surface area contributed by atoms with E-state index in [1.54, 1.807) is 0 Å². The van der Waals surface area contributed by atoms with Crippen LogP contribution >= 0.6 is 0 Å². The molecule has 4 heteroatoms. The predicted molar refractivity (Wildman–Crippen MR) is 58.5 cm³/mol. The predicted octanol–water partition coefficient (Wildman–Crippen LogP) is -0.133. The fourth-order valence-corrected chi connectivity index (χ4v) is 2.03. The van der Waals surface area contributed by atoms with E-state index in [2.05, 4.69) is 5.32 Å². The molecule has 15 heavy (non-hydrogen) atoms. The third-order valence-corrected chi connectivity index (χ3v) is 3.10. The summed E-state index contributed by atoms with van der Waals surface area (Å²) in [5.41, 5.74) is 0. The summed E-state index contributed by atoms with van der Waals surface area (Å²) >= 11 is 0. The fourth-order valence-electron chi connectivity index (χ4n) is 2.03. The molecule has 0 amide bonds. The molecule has 0 aliphatic heterocycles. The van der Waals surface area contributed by atoms with Crippen LogP contribution in [0.15, 0.2) is 0 Å². The Labute approximate surface area is 91.3 Å². The van der Waals surface area contributed by atoms with E-state index in [9.17, 15) is 15.3 Å². The van der Waals surface area contributed by atoms with Crippen LogP contribution in [-0.2, 0) is 0 Å². The molecule has 0 spiro atoms. The zero-order chi connectivity index (χ0) is 11.4. The van der Waals surface area contributed by atoms with E-state index in [1.807, 2.05) is 13.8 Å². The molecule has 1 saturated carbocycles. The van der Waals surface area contributed by atoms with E-state index >= 15 is 0 Å². The molecule has 90 valence electrons. The zero-order valence-corrected chi connectivity index (χ0v) is 9.56. The first-order valence-corrected chi connectivity index (χ1v) is 5.78. The van der Waals surface area contributed by atoms with Crippen LogP contribution in [0.4, 0.5) is 0 Å². The molecular formula is C11H23NO3. The number of aliphatic hydroxyl groups excluding tert-OH is 3. The summed E-state index contributed by atoms with van der Waals surface area (Å²) in [7, 11) is 0. The smallest absolute Gasteiger partial charge is 0.0802 e. The molecule has 0 radical (unpaired) electrons. The van der Waals surface area contributed by atoms with Crippen molar-refractivity contribution in [1.82, 2.24) is 5.32 Å². The van der Waals surface area contributed by atoms with Gasteiger partial charge >= 0.3 is 0 Å². The molecule has 0 aromatic rings. The summed E-state index contributed by atoms with van der Waals surface area (Å²) in [6, 6.07) is 0.360. The topological polar surface area (TPSA) is 72.7 Å². The lowest BCUT2D eigenvalue weighted by Gasteiger charge is -2.33. The minimum Gasteiger partial charge on any atom is -0.392 e. The van der Waals surface area contributed by atoms with Gasteiger partial charge in [0, 0.05) is 12.6 Å². The van der Waals surface area contributed by atoms with Gasteiger partial charge in [-0.05, 0) is 25.2 Å². The second-order valence-electron chi connectivity index (χ2n) is 4.84. The average Bonchev–Trinajstić information content (AvgIpc) is 2.18. The first kappa shape index (κ1) is 12.9. The van der Waals surface area contributed by atoms with E-state index in [4.69, 9.17) is 0 Å². The molecule has 1 aliphatic carbocycles. The van der Waals surface area contributed by atoms with Crippen LogP contribution in [0, 0.1) is 5.92 Å². The molecule has 1 fully saturated rings. The molecule has 0 aromatic carbocycles. The Morgan fingerprint density at radius 3 is 2.40 bits per heavy atom. The number of hydrogen-bond donors (Lipinski definition) is 4. The highest BCUT2D eigenvalue weighted by atomic mass is 16.3. The number of aliphatic hydroxyl groups is 3. The van der Waals surface area contributed by atoms with Crippen LogP contribution in [0.3, 0.4) is 0 Å². The highest BCUT2D eigenvalue weighted by Gasteiger charge is 2.31. The minimum absolute atomic E-state index is 0.106. The van der Waals surface area contributed by atoms with Gasteiger partial charge in [0.2, 0.25) is 0 Å². The maximum atomic E-state index is 9.87. The van der Waals surface area contributed by atoms with E-state index in [-0.39, 0.29) is 5.92 Å². The van der Waals surface area contributed by atoms with Crippen molar-refractivity contribution in [3.8, 4) is 0 Å². The van der Waals surface area contributed by atoms with Gasteiger partial charge in [-0.1, -0.05) is 13.8 Å². The summed E-state index contributed by atoms with van der Waals surface area (Å²) in [4.78, 5) is 0. The Kier molecular flexibility index (Phi) is 4.99. The molecule has 0 aromatic heterocycles. The molecule has 1 aliphatic rings. The fraction of sp³-hybridized carbons (Fsp3) is 1.00. The van der Waals surface area contributed by atoms with Gasteiger partial charge in [-0.3, -0.25) is 0 Å². The third kappa shape index (κ3) is 4.07. The van der Waals surface area contributed by atoms with Crippen molar-refractivity contribution in [3.05, 3.63) is 0 Å². The molecular weight excluding hydrogens is 194 g/mol. The first-order valence-electron chi connectivity index (χ1n) is 5.78. The van der Waals surface area contributed by atoms with Gasteiger partial charge in [0.05, 0.1) is 18.3 Å². The van der Waals surface area contributed by atoms with E-state index < -0.39 is 18.3 Å². The van der Waals surface area contributed by atoms with Crippen molar-refractivity contribution in [2.75, 3.05) is 6.54 Å². The molecule has 0 heterocycles. The third-order valence-electron chi connectivity index (χ3n) is 3.10. The van der Waals surface area contributed by atoms with E-state index in [0.717, 1.165) is 6.42 Å². The van der Waals surface area contributed by atoms with Gasteiger partial charge in [0.25, 0.3) is 0 Å². The second-order valence-corrected chi connectivity index (χ2v) is 4.84. The summed E-state index contributed by atoms with van der Waals surface area (Å²) in [6.45, 7) is 4.63. The lowest BCUT2D eigenvalue weighted by Crippen LogP contribution is -2.42. The van der Waals surface area contributed by atoms with Gasteiger partial charge < -0.3 is 20.6 Å². The van der Waals surface area contributed by atoms with Gasteiger partial charge in [-0.25, -0.2) is 0 Å². The largest absolute Gasteiger partial charge is 0.392 e. The second kappa shape index (κ2) is 5.80. The standard InChI is InChI=1S/C11H23NO3/c1-7(2)12-6-11(15)8-3-4-9(13)10(14)5-8/h7-15H,3-6H2,1-2H3. The van der Waals surface area contributed by atoms with Crippen LogP contribution in [0.1, 0.15) is 33.1 Å². The molecule has 4 N–H and O–H groups in total. The summed E-state index contributed by atoms with van der Waals surface area (Å²) < 4.78 is 0. The summed E-state index contributed by atoms with van der Waals surface area (Å²) in [6.07, 6.45) is 0.185. The Hall–Kier alpha value is -0.160. The number of hydrogen-bond acceptors (Lipinski definition) is 4. The molecule has 4 atom stereocenters. The van der Waals surface area contributed by atoms with Crippen molar-refractivity contribution in [3.63, 3.8) is 0 Å². The van der Waals surface area contributed by atoms with Gasteiger partial charge in [0.15, 0.2) is 0 Å². The number of nitrogens with one attached hydrogen (secondary N) is 1. The van der Waals surface area contributed by atoms with Crippen molar-refractivity contribution in [1.29, 1.82) is 0 Å². The van der Waals surface area contributed by atoms with Crippen molar-refractivity contribution >= 4 is 0 Å². The van der Waals surface area contributed by atoms with Gasteiger partial charge in [-0.15, -0.1) is 0 Å². The Morgan fingerprint density at radius 1 is 1.20 bits per heavy atom. The highest BCUT2D eigenvalue weighted by molar-refractivity contribution is 4.83. The van der Waals surface area contributed by atoms with E-state index in [0.29, 0.717) is 25.4 Å². The lowest BCUT2D eigenvalue weighted by atomic mass is 9.82. The monoisotopic (exact) mass is 217 g/mol. The number of rotatable bonds is 4. The van der Waals surface area contributed by atoms with Crippen LogP contribution in [0.25, 0.3) is 0 Å². The van der Waals surface area contributed by atoms with Gasteiger partial charge in [-0.2, -0.15) is 0 Å². The molecule has 4 nitrogen and oxygen atoms in total. The maximum absolute atomic E-state index is 9.87. The van der Waals surface area contributed by atoms with Crippen molar-refractivity contribution in [2.24, 2.45) is 5.92 Å². The molecule has 4 unspecified atom stereocenters. The van der Waals surface area contributed by atoms with Crippen LogP contribution in [-0.4, -0.2) is 46.2 Å². The highest BCUT2D eigenvalue weighted by Crippen LogP contribution is 2.27. The first-order chi connectivity index (χ1) is 7.00. The molecule has 0 bridgehead atoms. The van der Waals surface area contributed by atoms with Crippen LogP contribution in [0.2, 0.25) is 0 Å². The molecule has 0 saturated heterocycles. The zero-order valence-electron chi connectivity index (χ0n) is 9.56. The maximum Gasteiger partial charge on any atom is 0.0802 e. The molecule has 1 rings (SSSR count). The Morgan fingerprint density at radius 2 is 1.87 bits per heavy atom. The minimum atomic E-state index is -0.669. The normalized spacial score (nSPS) is 34.4. The average molecular weight is 217 g/mol. The van der Waals surface area contributed by atoms with Crippen LogP contribution in [0.5, 0.6) is 0 Å². The lowest BCUT2D eigenvalue weighted by molar-refractivity contribution is -0.0491. The Balaban J connectivity index is 2.30. The van der Waals surface area contributed by atoms with Gasteiger partial charge in [0.1, 0.15) is 0 Å². The van der Waals surface area contributed by atoms with E-state index in [1.165, 1.54) is 0 Å².